The van der Waals surface area contributed by atoms with Gasteiger partial charge in [0.1, 0.15) is 0 Å². The number of hydrogen-bond donors (Lipinski definition) is 0. The normalized spacial score (nSPS) is 11.6. The van der Waals surface area contributed by atoms with E-state index in [-0.39, 0.29) is 0 Å². The van der Waals surface area contributed by atoms with Crippen LogP contribution in [0.25, 0.3) is 41.3 Å². The molecule has 0 aliphatic heterocycles. The summed E-state index contributed by atoms with van der Waals surface area (Å²) in [6, 6.07) is 17.6. The second kappa shape index (κ2) is 5.52. The van der Waals surface area contributed by atoms with Gasteiger partial charge >= 0.3 is 152 Å². The van der Waals surface area contributed by atoms with Gasteiger partial charge in [-0.2, -0.15) is 0 Å². The Kier molecular flexibility index (Phi) is 3.27. The number of benzene rings is 2. The van der Waals surface area contributed by atoms with Crippen LogP contribution in [0.3, 0.4) is 0 Å². The molecule has 5 aromatic rings. The van der Waals surface area contributed by atoms with Crippen LogP contribution in [0.15, 0.2) is 67.1 Å². The SMILES string of the molecule is Cc1ccccc1-c1c2[se]c3c4ccncc4ccc3c2cc[n+]1C. The molecule has 5 rings (SSSR count). The summed E-state index contributed by atoms with van der Waals surface area (Å²) in [5.74, 6) is 0. The van der Waals surface area contributed by atoms with Crippen LogP contribution in [0.2, 0.25) is 0 Å². The molecule has 3 heteroatoms. The molecule has 2 nitrogen and oxygen atoms in total. The Bertz CT molecular complexity index is 1270. The maximum absolute atomic E-state index is 4.28. The molecule has 25 heavy (non-hydrogen) atoms. The second-order valence-corrected chi connectivity index (χ2v) is 8.62. The molecular weight excluding hydrogens is 371 g/mol. The topological polar surface area (TPSA) is 16.8 Å². The van der Waals surface area contributed by atoms with Crippen molar-refractivity contribution in [2.24, 2.45) is 7.05 Å². The van der Waals surface area contributed by atoms with Gasteiger partial charge in [0.15, 0.2) is 0 Å². The van der Waals surface area contributed by atoms with E-state index in [4.69, 9.17) is 0 Å². The number of aromatic nitrogens is 2. The molecule has 120 valence electrons. The van der Waals surface area contributed by atoms with E-state index in [0.717, 1.165) is 0 Å². The van der Waals surface area contributed by atoms with Crippen molar-refractivity contribution in [1.29, 1.82) is 0 Å². The van der Waals surface area contributed by atoms with Gasteiger partial charge in [-0.05, 0) is 0 Å². The molecule has 0 fully saturated rings. The van der Waals surface area contributed by atoms with Crippen LogP contribution in [-0.2, 0) is 7.05 Å². The molecule has 2 aromatic carbocycles. The van der Waals surface area contributed by atoms with E-state index in [1.807, 2.05) is 12.4 Å². The fourth-order valence-electron chi connectivity index (χ4n) is 3.65. The fraction of sp³-hybridized carbons (Fsp3) is 0.0909. The number of pyridine rings is 2. The van der Waals surface area contributed by atoms with Gasteiger partial charge in [0.2, 0.25) is 0 Å². The van der Waals surface area contributed by atoms with Gasteiger partial charge in [-0.15, -0.1) is 0 Å². The van der Waals surface area contributed by atoms with Gasteiger partial charge in [-0.3, -0.25) is 0 Å². The third-order valence-corrected chi connectivity index (χ3v) is 7.59. The molecule has 0 aliphatic rings. The summed E-state index contributed by atoms with van der Waals surface area (Å²) in [6.07, 6.45) is 6.07. The molecule has 0 saturated heterocycles. The number of rotatable bonds is 1. The van der Waals surface area contributed by atoms with Gasteiger partial charge < -0.3 is 0 Å². The minimum absolute atomic E-state index is 0.294. The Morgan fingerprint density at radius 1 is 0.880 bits per heavy atom. The van der Waals surface area contributed by atoms with Crippen LogP contribution in [-0.4, -0.2) is 19.5 Å². The summed E-state index contributed by atoms with van der Waals surface area (Å²) in [4.78, 5) is 4.28. The summed E-state index contributed by atoms with van der Waals surface area (Å²) >= 11 is 0.294. The molecule has 0 atom stereocenters. The average Bonchev–Trinajstić information content (AvgIpc) is 3.01. The third-order valence-electron chi connectivity index (χ3n) is 4.94. The Morgan fingerprint density at radius 2 is 1.72 bits per heavy atom. The average molecular weight is 388 g/mol. The van der Waals surface area contributed by atoms with Crippen molar-refractivity contribution in [2.45, 2.75) is 6.92 Å². The van der Waals surface area contributed by atoms with Crippen molar-refractivity contribution < 1.29 is 4.57 Å². The zero-order valence-electron chi connectivity index (χ0n) is 14.2. The van der Waals surface area contributed by atoms with E-state index < -0.39 is 0 Å². The second-order valence-electron chi connectivity index (χ2n) is 6.47. The standard InChI is InChI=1S/C22H17N2Se/c1-14-5-3-4-6-16(14)20-22-19(10-12-24(20)2)18-8-7-15-13-23-11-9-17(15)21(18)25-22/h3-13H,1-2H3/q+1. The van der Waals surface area contributed by atoms with Gasteiger partial charge in [0, 0.05) is 0 Å². The van der Waals surface area contributed by atoms with E-state index in [1.54, 1.807) is 0 Å². The van der Waals surface area contributed by atoms with Crippen molar-refractivity contribution in [3.05, 3.63) is 72.7 Å². The Morgan fingerprint density at radius 3 is 2.60 bits per heavy atom. The van der Waals surface area contributed by atoms with Crippen molar-refractivity contribution >= 4 is 44.6 Å². The zero-order chi connectivity index (χ0) is 17.0. The van der Waals surface area contributed by atoms with E-state index in [1.165, 1.54) is 46.9 Å². The van der Waals surface area contributed by atoms with Gasteiger partial charge in [0.25, 0.3) is 0 Å². The Labute approximate surface area is 152 Å². The number of hydrogen-bond acceptors (Lipinski definition) is 1. The summed E-state index contributed by atoms with van der Waals surface area (Å²) in [7, 11) is 2.16. The monoisotopic (exact) mass is 389 g/mol. The van der Waals surface area contributed by atoms with Crippen LogP contribution >= 0.6 is 0 Å². The van der Waals surface area contributed by atoms with Gasteiger partial charge in [-0.25, -0.2) is 0 Å². The quantitative estimate of drug-likeness (QED) is 0.307. The number of fused-ring (bicyclic) bond motifs is 5. The molecule has 3 heterocycles. The zero-order valence-corrected chi connectivity index (χ0v) is 15.9. The minimum atomic E-state index is 0.294. The number of aryl methyl sites for hydroxylation is 2. The summed E-state index contributed by atoms with van der Waals surface area (Å²) in [5, 5.41) is 5.37. The predicted octanol–water partition coefficient (Wildman–Crippen LogP) is 4.40. The van der Waals surface area contributed by atoms with Gasteiger partial charge in [-0.1, -0.05) is 0 Å². The molecule has 0 spiro atoms. The van der Waals surface area contributed by atoms with E-state index >= 15 is 0 Å². The Balaban J connectivity index is 1.98. The van der Waals surface area contributed by atoms with Crippen LogP contribution in [0.5, 0.6) is 0 Å². The number of nitrogens with zero attached hydrogens (tertiary/aromatic N) is 2. The molecule has 0 N–H and O–H groups in total. The molecule has 3 aromatic heterocycles. The molecule has 0 bridgehead atoms. The maximum atomic E-state index is 4.28. The van der Waals surface area contributed by atoms with Crippen LogP contribution in [0.1, 0.15) is 5.56 Å². The van der Waals surface area contributed by atoms with Crippen molar-refractivity contribution in [3.63, 3.8) is 0 Å². The van der Waals surface area contributed by atoms with Crippen LogP contribution in [0, 0.1) is 6.92 Å². The fourth-order valence-corrected chi connectivity index (χ4v) is 6.65. The van der Waals surface area contributed by atoms with Crippen molar-refractivity contribution in [1.82, 2.24) is 4.98 Å². The summed E-state index contributed by atoms with van der Waals surface area (Å²) in [6.45, 7) is 2.20. The predicted molar refractivity (Wildman–Crippen MR) is 105 cm³/mol. The van der Waals surface area contributed by atoms with Crippen LogP contribution < -0.4 is 4.57 Å². The van der Waals surface area contributed by atoms with Crippen molar-refractivity contribution in [3.8, 4) is 11.3 Å². The molecule has 0 amide bonds. The first-order valence-corrected chi connectivity index (χ1v) is 10.1. The first-order chi connectivity index (χ1) is 12.2. The van der Waals surface area contributed by atoms with Crippen molar-refractivity contribution in [2.75, 3.05) is 0 Å². The Hall–Kier alpha value is -2.48. The molecule has 0 saturated carbocycles. The summed E-state index contributed by atoms with van der Waals surface area (Å²) in [5.41, 5.74) is 4.02. The van der Waals surface area contributed by atoms with E-state index in [0.29, 0.717) is 14.5 Å². The third kappa shape index (κ3) is 2.17. The molecule has 0 radical (unpaired) electrons. The van der Waals surface area contributed by atoms with E-state index in [9.17, 15) is 0 Å². The van der Waals surface area contributed by atoms with E-state index in [2.05, 4.69) is 78.3 Å². The first kappa shape index (κ1) is 14.8. The first-order valence-electron chi connectivity index (χ1n) is 8.37. The summed E-state index contributed by atoms with van der Waals surface area (Å²) < 4.78 is 5.26. The molecular formula is C22H17N2Se+. The van der Waals surface area contributed by atoms with Crippen LogP contribution in [0.4, 0.5) is 0 Å². The molecule has 0 aliphatic carbocycles. The molecule has 0 unspecified atom stereocenters. The van der Waals surface area contributed by atoms with Gasteiger partial charge in [0.05, 0.1) is 0 Å².